The number of ether oxygens (including phenoxy) is 1. The van der Waals surface area contributed by atoms with Crippen LogP contribution in [0.1, 0.15) is 62.7 Å². The van der Waals surface area contributed by atoms with Gasteiger partial charge in [0.25, 0.3) is 5.91 Å². The first-order valence-electron chi connectivity index (χ1n) is 10.8. The minimum Gasteiger partial charge on any atom is -0.488 e. The monoisotopic (exact) mass is 458 g/mol. The second-order valence-corrected chi connectivity index (χ2v) is 10.9. The smallest absolute Gasteiger partial charge is 0.265 e. The van der Waals surface area contributed by atoms with Gasteiger partial charge < -0.3 is 4.74 Å². The van der Waals surface area contributed by atoms with Crippen molar-refractivity contribution in [2.75, 3.05) is 19.7 Å². The van der Waals surface area contributed by atoms with Crippen LogP contribution in [0, 0.1) is 34.8 Å². The fraction of sp³-hybridized carbons (Fsp3) is 0.682. The Labute approximate surface area is 186 Å². The second kappa shape index (κ2) is 8.83. The van der Waals surface area contributed by atoms with Crippen molar-refractivity contribution < 1.29 is 18.3 Å². The first-order valence-corrected chi connectivity index (χ1v) is 11.9. The van der Waals surface area contributed by atoms with E-state index in [9.17, 15) is 13.6 Å². The molecule has 0 radical (unpaired) electrons. The Morgan fingerprint density at radius 3 is 2.50 bits per heavy atom. The molecular weight excluding hydrogens is 430 g/mol. The summed E-state index contributed by atoms with van der Waals surface area (Å²) in [5, 5.41) is -0.0753. The molecule has 2 atom stereocenters. The van der Waals surface area contributed by atoms with Crippen molar-refractivity contribution >= 4 is 29.6 Å². The highest BCUT2D eigenvalue weighted by Crippen LogP contribution is 2.53. The Morgan fingerprint density at radius 2 is 1.90 bits per heavy atom. The number of amides is 1. The van der Waals surface area contributed by atoms with Crippen molar-refractivity contribution in [2.24, 2.45) is 23.2 Å². The predicted molar refractivity (Wildman–Crippen MR) is 115 cm³/mol. The summed E-state index contributed by atoms with van der Waals surface area (Å²) in [6.07, 6.45) is 6.65. The van der Waals surface area contributed by atoms with Gasteiger partial charge in [0, 0.05) is 30.6 Å². The van der Waals surface area contributed by atoms with E-state index in [-0.39, 0.29) is 16.2 Å². The number of halogens is 3. The highest BCUT2D eigenvalue weighted by Gasteiger charge is 2.45. The molecule has 0 spiro atoms. The fourth-order valence-electron chi connectivity index (χ4n) is 5.73. The quantitative estimate of drug-likeness (QED) is 0.429. The summed E-state index contributed by atoms with van der Waals surface area (Å²) in [5.74, 6) is -1.53. The summed E-state index contributed by atoms with van der Waals surface area (Å²) in [6, 6.07) is 1.16. The van der Waals surface area contributed by atoms with Crippen LogP contribution in [-0.2, 0) is 0 Å². The normalized spacial score (nSPS) is 31.2. The number of benzene rings is 1. The van der Waals surface area contributed by atoms with Crippen LogP contribution in [0.2, 0.25) is 5.02 Å². The van der Waals surface area contributed by atoms with Gasteiger partial charge in [0.1, 0.15) is 0 Å². The zero-order valence-electron chi connectivity index (χ0n) is 17.5. The topological polar surface area (TPSA) is 41.6 Å². The molecule has 3 aliphatic rings. The van der Waals surface area contributed by atoms with Gasteiger partial charge in [-0.1, -0.05) is 25.4 Å². The van der Waals surface area contributed by atoms with Crippen molar-refractivity contribution in [1.29, 1.82) is 0 Å². The summed E-state index contributed by atoms with van der Waals surface area (Å²) in [7, 11) is 0. The Bertz CT molecular complexity index is 801. The number of nitrogens with one attached hydrogen (secondary N) is 1. The van der Waals surface area contributed by atoms with Gasteiger partial charge in [0.05, 0.1) is 17.2 Å². The molecule has 1 N–H and O–H groups in total. The van der Waals surface area contributed by atoms with Crippen LogP contribution < -0.4 is 9.46 Å². The Hall–Kier alpha value is -1.05. The van der Waals surface area contributed by atoms with Gasteiger partial charge in [-0.2, -0.15) is 4.39 Å². The van der Waals surface area contributed by atoms with Crippen LogP contribution in [0.25, 0.3) is 0 Å². The molecule has 4 rings (SSSR count). The molecule has 2 saturated carbocycles. The third-order valence-corrected chi connectivity index (χ3v) is 7.90. The molecule has 0 aromatic heterocycles. The molecule has 3 fully saturated rings. The summed E-state index contributed by atoms with van der Waals surface area (Å²) in [4.78, 5) is 12.3. The van der Waals surface area contributed by atoms with Gasteiger partial charge in [-0.05, 0) is 62.3 Å². The van der Waals surface area contributed by atoms with E-state index in [2.05, 4.69) is 18.6 Å². The molecule has 1 amide bonds. The Balaban J connectivity index is 1.47. The minimum absolute atomic E-state index is 0.0177. The van der Waals surface area contributed by atoms with Gasteiger partial charge in [0.2, 0.25) is 5.82 Å². The summed E-state index contributed by atoms with van der Waals surface area (Å²) < 4.78 is 39.7. The molecule has 1 aliphatic heterocycles. The summed E-state index contributed by atoms with van der Waals surface area (Å²) in [5.41, 5.74) is -0.426. The SMILES string of the molecule is CC1CC2CC(C)CC(COc3c(Cl)cc(C(=O)NSN4CCC4)c(F)c3F)(C1)C2. The van der Waals surface area contributed by atoms with E-state index in [4.69, 9.17) is 16.3 Å². The number of carbonyl (C=O) groups excluding carboxylic acids is 1. The molecule has 1 aromatic rings. The van der Waals surface area contributed by atoms with Gasteiger partial charge >= 0.3 is 0 Å². The molecule has 2 aliphatic carbocycles. The lowest BCUT2D eigenvalue weighted by atomic mass is 9.57. The summed E-state index contributed by atoms with van der Waals surface area (Å²) in [6.45, 7) is 6.56. The molecule has 30 heavy (non-hydrogen) atoms. The highest BCUT2D eigenvalue weighted by atomic mass is 35.5. The van der Waals surface area contributed by atoms with Crippen LogP contribution in [0.5, 0.6) is 5.75 Å². The average Bonchev–Trinajstić information content (AvgIpc) is 2.61. The third-order valence-electron chi connectivity index (χ3n) is 6.72. The van der Waals surface area contributed by atoms with Crippen molar-refractivity contribution in [3.05, 3.63) is 28.3 Å². The van der Waals surface area contributed by atoms with Crippen molar-refractivity contribution in [3.8, 4) is 5.75 Å². The average molecular weight is 459 g/mol. The minimum atomic E-state index is -1.22. The maximum Gasteiger partial charge on any atom is 0.265 e. The number of hydrogen-bond acceptors (Lipinski definition) is 4. The summed E-state index contributed by atoms with van der Waals surface area (Å²) >= 11 is 7.33. The maximum absolute atomic E-state index is 14.8. The largest absolute Gasteiger partial charge is 0.488 e. The van der Waals surface area contributed by atoms with Crippen LogP contribution in [0.3, 0.4) is 0 Å². The predicted octanol–water partition coefficient (Wildman–Crippen LogP) is 5.85. The lowest BCUT2D eigenvalue weighted by Gasteiger charge is -2.49. The molecule has 4 nitrogen and oxygen atoms in total. The van der Waals surface area contributed by atoms with Crippen LogP contribution >= 0.6 is 23.7 Å². The molecule has 2 unspecified atom stereocenters. The number of fused-ring (bicyclic) bond motifs is 2. The van der Waals surface area contributed by atoms with E-state index in [1.54, 1.807) is 0 Å². The molecule has 1 heterocycles. The first-order chi connectivity index (χ1) is 14.3. The molecule has 8 heteroatoms. The van der Waals surface area contributed by atoms with Crippen LogP contribution in [0.4, 0.5) is 8.78 Å². The van der Waals surface area contributed by atoms with Crippen LogP contribution in [0.15, 0.2) is 6.07 Å². The molecular formula is C22H29ClF2N2O2S. The fourth-order valence-corrected chi connectivity index (χ4v) is 6.74. The molecule has 1 aromatic carbocycles. The number of hydrogen-bond donors (Lipinski definition) is 1. The van der Waals surface area contributed by atoms with Gasteiger partial charge in [-0.25, -0.2) is 8.70 Å². The zero-order chi connectivity index (χ0) is 21.5. The van der Waals surface area contributed by atoms with Crippen molar-refractivity contribution in [2.45, 2.75) is 52.4 Å². The van der Waals surface area contributed by atoms with E-state index >= 15 is 0 Å². The van der Waals surface area contributed by atoms with Gasteiger partial charge in [0.15, 0.2) is 11.6 Å². The molecule has 166 valence electrons. The Kier molecular flexibility index (Phi) is 6.52. The Morgan fingerprint density at radius 1 is 1.23 bits per heavy atom. The lowest BCUT2D eigenvalue weighted by molar-refractivity contribution is -0.0174. The standard InChI is InChI=1S/C22H29ClF2N2O2S/c1-13-6-15-7-14(2)10-22(9-13,11-15)12-29-20-17(23)8-16(18(24)19(20)25)21(28)26-30-27-4-3-5-27/h8,13-15H,3-7,9-12H2,1-2H3,(H,26,28). The van der Waals surface area contributed by atoms with Crippen molar-refractivity contribution in [3.63, 3.8) is 0 Å². The third kappa shape index (κ3) is 4.58. The number of nitrogens with zero attached hydrogens (tertiary/aromatic N) is 1. The first kappa shape index (κ1) is 22.2. The maximum atomic E-state index is 14.8. The number of carbonyl (C=O) groups is 1. The zero-order valence-corrected chi connectivity index (χ0v) is 19.1. The van der Waals surface area contributed by atoms with Gasteiger partial charge in [-0.15, -0.1) is 0 Å². The lowest BCUT2D eigenvalue weighted by Crippen LogP contribution is -2.43. The van der Waals surface area contributed by atoms with Gasteiger partial charge in [-0.3, -0.25) is 9.52 Å². The van der Waals surface area contributed by atoms with E-state index in [0.29, 0.717) is 24.4 Å². The molecule has 2 bridgehead atoms. The van der Waals surface area contributed by atoms with E-state index < -0.39 is 23.1 Å². The van der Waals surface area contributed by atoms with E-state index in [1.807, 2.05) is 4.31 Å². The molecule has 1 saturated heterocycles. The highest BCUT2D eigenvalue weighted by molar-refractivity contribution is 7.95. The second-order valence-electron chi connectivity index (χ2n) is 9.62. The van der Waals surface area contributed by atoms with E-state index in [0.717, 1.165) is 57.0 Å². The van der Waals surface area contributed by atoms with E-state index in [1.165, 1.54) is 12.8 Å². The van der Waals surface area contributed by atoms with Crippen molar-refractivity contribution in [1.82, 2.24) is 9.03 Å². The number of rotatable bonds is 6. The van der Waals surface area contributed by atoms with Crippen LogP contribution in [-0.4, -0.2) is 29.9 Å².